The maximum atomic E-state index is 12.2. The van der Waals surface area contributed by atoms with E-state index in [-0.39, 0.29) is 5.69 Å². The van der Waals surface area contributed by atoms with Crippen molar-refractivity contribution >= 4 is 17.3 Å². The van der Waals surface area contributed by atoms with Crippen molar-refractivity contribution in [3.63, 3.8) is 0 Å². The highest BCUT2D eigenvalue weighted by Crippen LogP contribution is 2.19. The molecule has 3 aromatic rings. The fourth-order valence-corrected chi connectivity index (χ4v) is 2.34. The number of rotatable bonds is 5. The number of aromatic nitrogens is 4. The molecule has 136 valence electrons. The second-order valence-electron chi connectivity index (χ2n) is 5.70. The normalized spacial score (nSPS) is 11.3. The number of aryl methyl sites for hydroxylation is 1. The van der Waals surface area contributed by atoms with Crippen molar-refractivity contribution in [1.29, 1.82) is 0 Å². The van der Waals surface area contributed by atoms with Gasteiger partial charge in [-0.25, -0.2) is 10.1 Å². The molecule has 0 aliphatic carbocycles. The molecule has 0 atom stereocenters. The minimum atomic E-state index is -0.448. The molecule has 10 heteroatoms. The lowest BCUT2D eigenvalue weighted by Gasteiger charge is -2.05. The first kappa shape index (κ1) is 17.9. The molecule has 0 aliphatic heterocycles. The van der Waals surface area contributed by atoms with Crippen LogP contribution in [-0.4, -0.2) is 36.7 Å². The number of carbonyl (C=O) groups is 1. The third kappa shape index (κ3) is 4.00. The van der Waals surface area contributed by atoms with Crippen LogP contribution >= 0.6 is 0 Å². The predicted molar refractivity (Wildman–Crippen MR) is 96.7 cm³/mol. The van der Waals surface area contributed by atoms with E-state index in [1.807, 2.05) is 0 Å². The first-order chi connectivity index (χ1) is 13.0. The van der Waals surface area contributed by atoms with Crippen molar-refractivity contribution in [1.82, 2.24) is 25.6 Å². The van der Waals surface area contributed by atoms with Gasteiger partial charge in [0.05, 0.1) is 16.3 Å². The fraction of sp³-hybridized carbons (Fsp3) is 0.118. The SMILES string of the molecule is C/C(=N\NC(=O)c1ccc(-n2cnnn2)cc1)c1ccc(C)c([N+](=O)[O-])c1. The highest BCUT2D eigenvalue weighted by Gasteiger charge is 2.12. The first-order valence-electron chi connectivity index (χ1n) is 7.89. The molecule has 3 rings (SSSR count). The molecule has 0 unspecified atom stereocenters. The number of benzene rings is 2. The van der Waals surface area contributed by atoms with Crippen LogP contribution in [0, 0.1) is 17.0 Å². The van der Waals surface area contributed by atoms with Gasteiger partial charge in [-0.3, -0.25) is 14.9 Å². The second-order valence-corrected chi connectivity index (χ2v) is 5.70. The Bertz CT molecular complexity index is 1010. The van der Waals surface area contributed by atoms with Gasteiger partial charge in [0.25, 0.3) is 11.6 Å². The van der Waals surface area contributed by atoms with Gasteiger partial charge in [-0.1, -0.05) is 12.1 Å². The average Bonchev–Trinajstić information content (AvgIpc) is 3.21. The highest BCUT2D eigenvalue weighted by atomic mass is 16.6. The quantitative estimate of drug-likeness (QED) is 0.418. The van der Waals surface area contributed by atoms with Crippen molar-refractivity contribution in [3.05, 3.63) is 75.6 Å². The van der Waals surface area contributed by atoms with Crippen LogP contribution in [0.2, 0.25) is 0 Å². The van der Waals surface area contributed by atoms with Gasteiger partial charge in [-0.15, -0.1) is 5.10 Å². The molecule has 0 bridgehead atoms. The lowest BCUT2D eigenvalue weighted by atomic mass is 10.1. The largest absolute Gasteiger partial charge is 0.272 e. The summed E-state index contributed by atoms with van der Waals surface area (Å²) in [5.41, 5.74) is 5.14. The standard InChI is InChI=1S/C17H15N7O3/c1-11-3-4-14(9-16(11)24(26)27)12(2)19-20-17(25)13-5-7-15(8-6-13)23-10-18-21-22-23/h3-10H,1-2H3,(H,20,25)/b19-12+. The topological polar surface area (TPSA) is 128 Å². The van der Waals surface area contributed by atoms with Crippen LogP contribution < -0.4 is 5.43 Å². The molecule has 1 heterocycles. The molecular formula is C17H15N7O3. The monoisotopic (exact) mass is 365 g/mol. The molecule has 0 aliphatic rings. The number of carbonyl (C=O) groups excluding carboxylic acids is 1. The van der Waals surface area contributed by atoms with E-state index in [9.17, 15) is 14.9 Å². The number of nitrogens with zero attached hydrogens (tertiary/aromatic N) is 6. The number of nitrogens with one attached hydrogen (secondary N) is 1. The van der Waals surface area contributed by atoms with Gasteiger partial charge in [0.1, 0.15) is 6.33 Å². The van der Waals surface area contributed by atoms with Crippen LogP contribution in [-0.2, 0) is 0 Å². The van der Waals surface area contributed by atoms with Gasteiger partial charge >= 0.3 is 0 Å². The Hall–Kier alpha value is -3.95. The van der Waals surface area contributed by atoms with Crippen molar-refractivity contribution in [2.45, 2.75) is 13.8 Å². The Morgan fingerprint density at radius 3 is 2.52 bits per heavy atom. The van der Waals surface area contributed by atoms with E-state index in [4.69, 9.17) is 0 Å². The summed E-state index contributed by atoms with van der Waals surface area (Å²) >= 11 is 0. The van der Waals surface area contributed by atoms with Crippen LogP contribution in [0.3, 0.4) is 0 Å². The van der Waals surface area contributed by atoms with Crippen LogP contribution in [0.4, 0.5) is 5.69 Å². The number of tetrazole rings is 1. The fourth-order valence-electron chi connectivity index (χ4n) is 2.34. The van der Waals surface area contributed by atoms with Crippen LogP contribution in [0.5, 0.6) is 0 Å². The predicted octanol–water partition coefficient (Wildman–Crippen LogP) is 2.03. The van der Waals surface area contributed by atoms with E-state index in [1.54, 1.807) is 50.2 Å². The zero-order valence-electron chi connectivity index (χ0n) is 14.5. The molecule has 0 spiro atoms. The Balaban J connectivity index is 1.72. The highest BCUT2D eigenvalue weighted by molar-refractivity contribution is 6.01. The summed E-state index contributed by atoms with van der Waals surface area (Å²) in [7, 11) is 0. The van der Waals surface area contributed by atoms with E-state index < -0.39 is 10.8 Å². The summed E-state index contributed by atoms with van der Waals surface area (Å²) in [6, 6.07) is 11.4. The van der Waals surface area contributed by atoms with E-state index in [1.165, 1.54) is 17.1 Å². The molecule has 0 saturated heterocycles. The molecule has 0 fully saturated rings. The van der Waals surface area contributed by atoms with Crippen LogP contribution in [0.1, 0.15) is 28.4 Å². The van der Waals surface area contributed by atoms with Crippen molar-refractivity contribution in [3.8, 4) is 5.69 Å². The minimum Gasteiger partial charge on any atom is -0.267 e. The molecule has 0 radical (unpaired) electrons. The molecule has 2 aromatic carbocycles. The summed E-state index contributed by atoms with van der Waals surface area (Å²) in [4.78, 5) is 22.8. The number of hydrogen-bond donors (Lipinski definition) is 1. The van der Waals surface area contributed by atoms with E-state index in [2.05, 4.69) is 26.1 Å². The summed E-state index contributed by atoms with van der Waals surface area (Å²) in [6.45, 7) is 3.32. The average molecular weight is 365 g/mol. The number of nitro benzene ring substituents is 1. The van der Waals surface area contributed by atoms with E-state index >= 15 is 0 Å². The summed E-state index contributed by atoms with van der Waals surface area (Å²) in [5, 5.41) is 25.9. The maximum absolute atomic E-state index is 12.2. The van der Waals surface area contributed by atoms with Crippen LogP contribution in [0.15, 0.2) is 53.9 Å². The molecule has 1 aromatic heterocycles. The van der Waals surface area contributed by atoms with E-state index in [0.717, 1.165) is 0 Å². The number of hydrogen-bond acceptors (Lipinski definition) is 7. The first-order valence-corrected chi connectivity index (χ1v) is 7.89. The third-order valence-corrected chi connectivity index (χ3v) is 3.89. The van der Waals surface area contributed by atoms with Gasteiger partial charge in [-0.05, 0) is 48.5 Å². The molecule has 1 N–H and O–H groups in total. The lowest BCUT2D eigenvalue weighted by molar-refractivity contribution is -0.385. The Kier molecular flexibility index (Phi) is 4.97. The number of nitro groups is 1. The zero-order chi connectivity index (χ0) is 19.4. The zero-order valence-corrected chi connectivity index (χ0v) is 14.5. The summed E-state index contributed by atoms with van der Waals surface area (Å²) < 4.78 is 1.47. The molecule has 10 nitrogen and oxygen atoms in total. The minimum absolute atomic E-state index is 0.00608. The van der Waals surface area contributed by atoms with Crippen molar-refractivity contribution < 1.29 is 9.72 Å². The Morgan fingerprint density at radius 2 is 1.89 bits per heavy atom. The molecular weight excluding hydrogens is 350 g/mol. The van der Waals surface area contributed by atoms with Crippen molar-refractivity contribution in [2.24, 2.45) is 5.10 Å². The van der Waals surface area contributed by atoms with Gasteiger partial charge in [0, 0.05) is 22.8 Å². The van der Waals surface area contributed by atoms with Gasteiger partial charge in [0.2, 0.25) is 0 Å². The summed E-state index contributed by atoms with van der Waals surface area (Å²) in [5.74, 6) is -0.403. The van der Waals surface area contributed by atoms with Gasteiger partial charge in [0.15, 0.2) is 0 Å². The lowest BCUT2D eigenvalue weighted by Crippen LogP contribution is -2.19. The third-order valence-electron chi connectivity index (χ3n) is 3.89. The van der Waals surface area contributed by atoms with Gasteiger partial charge in [-0.2, -0.15) is 5.10 Å². The maximum Gasteiger partial charge on any atom is 0.272 e. The second kappa shape index (κ2) is 7.52. The van der Waals surface area contributed by atoms with Gasteiger partial charge < -0.3 is 0 Å². The molecule has 0 saturated carbocycles. The molecule has 27 heavy (non-hydrogen) atoms. The van der Waals surface area contributed by atoms with Crippen molar-refractivity contribution in [2.75, 3.05) is 0 Å². The van der Waals surface area contributed by atoms with E-state index in [0.29, 0.717) is 28.1 Å². The smallest absolute Gasteiger partial charge is 0.267 e. The Morgan fingerprint density at radius 1 is 1.19 bits per heavy atom. The number of amides is 1. The summed E-state index contributed by atoms with van der Waals surface area (Å²) in [6.07, 6.45) is 1.45. The Labute approximate surface area is 153 Å². The number of hydrazone groups is 1. The molecule has 1 amide bonds. The van der Waals surface area contributed by atoms with Crippen LogP contribution in [0.25, 0.3) is 5.69 Å².